The summed E-state index contributed by atoms with van der Waals surface area (Å²) in [4.78, 5) is 30.0. The third-order valence-corrected chi connectivity index (χ3v) is 4.56. The monoisotopic (exact) mass is 449 g/mol. The Bertz CT molecular complexity index is 1060. The van der Waals surface area contributed by atoms with Crippen molar-refractivity contribution in [2.24, 2.45) is 0 Å². The van der Waals surface area contributed by atoms with Crippen molar-refractivity contribution in [3.63, 3.8) is 0 Å². The van der Waals surface area contributed by atoms with E-state index in [4.69, 9.17) is 4.74 Å². The second kappa shape index (κ2) is 9.67. The Morgan fingerprint density at radius 3 is 2.38 bits per heavy atom. The molecule has 1 unspecified atom stereocenters. The third kappa shape index (κ3) is 5.34. The summed E-state index contributed by atoms with van der Waals surface area (Å²) in [7, 11) is 0. The average molecular weight is 449 g/mol. The van der Waals surface area contributed by atoms with Crippen molar-refractivity contribution in [2.45, 2.75) is 26.1 Å². The molecule has 0 saturated heterocycles. The number of nitrogens with zero attached hydrogens (tertiary/aromatic N) is 5. The first kappa shape index (κ1) is 23.0. The van der Waals surface area contributed by atoms with Crippen molar-refractivity contribution in [1.29, 1.82) is 0 Å². The summed E-state index contributed by atoms with van der Waals surface area (Å²) >= 11 is 0. The molecular weight excluding hydrogens is 430 g/mol. The Kier molecular flexibility index (Phi) is 6.96. The lowest BCUT2D eigenvalue weighted by atomic mass is 10.0. The fraction of sp³-hybridized carbons (Fsp3) is 0.286. The molecule has 0 fully saturated rings. The van der Waals surface area contributed by atoms with Crippen LogP contribution in [0.1, 0.15) is 29.8 Å². The molecule has 0 aliphatic rings. The number of ether oxygens (including phenoxy) is 1. The molecule has 2 aromatic heterocycles. The Morgan fingerprint density at radius 2 is 1.78 bits per heavy atom. The SMILES string of the molecule is CCN(C(=O)c1ccc(F)cc1-c1ncccn1)C(C)COc1ncc(C(F)(F)F)cn1. The summed E-state index contributed by atoms with van der Waals surface area (Å²) in [6, 6.07) is 4.59. The number of aromatic nitrogens is 4. The van der Waals surface area contributed by atoms with Crippen LogP contribution in [0.4, 0.5) is 17.6 Å². The number of rotatable bonds is 7. The first-order chi connectivity index (χ1) is 15.2. The molecule has 0 radical (unpaired) electrons. The summed E-state index contributed by atoms with van der Waals surface area (Å²) in [5.74, 6) is -0.740. The summed E-state index contributed by atoms with van der Waals surface area (Å²) in [5, 5.41) is 0. The second-order valence-electron chi connectivity index (χ2n) is 6.77. The van der Waals surface area contributed by atoms with Gasteiger partial charge in [-0.15, -0.1) is 0 Å². The smallest absolute Gasteiger partial charge is 0.419 e. The molecule has 1 amide bonds. The van der Waals surface area contributed by atoms with Crippen LogP contribution in [0.5, 0.6) is 6.01 Å². The molecule has 0 bridgehead atoms. The number of carbonyl (C=O) groups is 1. The number of likely N-dealkylation sites (N-methyl/N-ethyl adjacent to an activating group) is 1. The fourth-order valence-corrected chi connectivity index (χ4v) is 2.96. The van der Waals surface area contributed by atoms with Gasteiger partial charge in [0, 0.05) is 36.9 Å². The highest BCUT2D eigenvalue weighted by Gasteiger charge is 2.31. The minimum absolute atomic E-state index is 0.0662. The predicted molar refractivity (Wildman–Crippen MR) is 106 cm³/mol. The zero-order valence-electron chi connectivity index (χ0n) is 17.2. The van der Waals surface area contributed by atoms with Crippen LogP contribution in [0, 0.1) is 5.82 Å². The number of hydrogen-bond donors (Lipinski definition) is 0. The quantitative estimate of drug-likeness (QED) is 0.507. The van der Waals surface area contributed by atoms with Gasteiger partial charge in [0.15, 0.2) is 5.82 Å². The molecule has 32 heavy (non-hydrogen) atoms. The lowest BCUT2D eigenvalue weighted by Gasteiger charge is -2.28. The van der Waals surface area contributed by atoms with Crippen molar-refractivity contribution in [3.05, 3.63) is 66.0 Å². The van der Waals surface area contributed by atoms with Gasteiger partial charge in [0.1, 0.15) is 12.4 Å². The van der Waals surface area contributed by atoms with E-state index in [1.165, 1.54) is 35.5 Å². The molecule has 2 heterocycles. The average Bonchev–Trinajstić information content (AvgIpc) is 2.78. The van der Waals surface area contributed by atoms with Crippen LogP contribution in [-0.4, -0.2) is 49.9 Å². The lowest BCUT2D eigenvalue weighted by molar-refractivity contribution is -0.138. The maximum absolute atomic E-state index is 13.9. The van der Waals surface area contributed by atoms with E-state index in [0.717, 1.165) is 0 Å². The minimum Gasteiger partial charge on any atom is -0.461 e. The zero-order valence-corrected chi connectivity index (χ0v) is 17.2. The molecule has 0 aliphatic heterocycles. The van der Waals surface area contributed by atoms with Crippen molar-refractivity contribution >= 4 is 5.91 Å². The molecule has 3 aromatic rings. The predicted octanol–water partition coefficient (Wildman–Crippen LogP) is 4.02. The van der Waals surface area contributed by atoms with Crippen LogP contribution in [0.2, 0.25) is 0 Å². The molecule has 1 aromatic carbocycles. The molecule has 7 nitrogen and oxygen atoms in total. The van der Waals surface area contributed by atoms with Gasteiger partial charge in [0.2, 0.25) is 0 Å². The maximum atomic E-state index is 13.9. The Hall–Kier alpha value is -3.63. The second-order valence-corrected chi connectivity index (χ2v) is 6.77. The highest BCUT2D eigenvalue weighted by Crippen LogP contribution is 2.28. The minimum atomic E-state index is -4.55. The number of alkyl halides is 3. The Balaban J connectivity index is 1.76. The first-order valence-corrected chi connectivity index (χ1v) is 9.60. The van der Waals surface area contributed by atoms with E-state index in [0.29, 0.717) is 18.9 Å². The molecular formula is C21H19F4N5O2. The highest BCUT2D eigenvalue weighted by atomic mass is 19.4. The van der Waals surface area contributed by atoms with Crippen LogP contribution in [0.15, 0.2) is 49.1 Å². The summed E-state index contributed by atoms with van der Waals surface area (Å²) < 4.78 is 57.1. The molecule has 0 aliphatic carbocycles. The molecule has 168 valence electrons. The first-order valence-electron chi connectivity index (χ1n) is 9.60. The van der Waals surface area contributed by atoms with E-state index in [1.807, 2.05) is 0 Å². The molecule has 11 heteroatoms. The van der Waals surface area contributed by atoms with Crippen LogP contribution in [-0.2, 0) is 6.18 Å². The summed E-state index contributed by atoms with van der Waals surface area (Å²) in [6.45, 7) is 3.69. The topological polar surface area (TPSA) is 81.1 Å². The summed E-state index contributed by atoms with van der Waals surface area (Å²) in [6.07, 6.45) is -0.327. The van der Waals surface area contributed by atoms with E-state index in [1.54, 1.807) is 19.9 Å². The largest absolute Gasteiger partial charge is 0.461 e. The number of hydrogen-bond acceptors (Lipinski definition) is 6. The van der Waals surface area contributed by atoms with Gasteiger partial charge < -0.3 is 9.64 Å². The van der Waals surface area contributed by atoms with Gasteiger partial charge in [0.05, 0.1) is 17.2 Å². The van der Waals surface area contributed by atoms with Crippen molar-refractivity contribution in [1.82, 2.24) is 24.8 Å². The third-order valence-electron chi connectivity index (χ3n) is 4.56. The van der Waals surface area contributed by atoms with Crippen molar-refractivity contribution < 1.29 is 27.1 Å². The van der Waals surface area contributed by atoms with Crippen LogP contribution >= 0.6 is 0 Å². The normalized spacial score (nSPS) is 12.3. The fourth-order valence-electron chi connectivity index (χ4n) is 2.96. The number of benzene rings is 1. The van der Waals surface area contributed by atoms with Crippen molar-refractivity contribution in [2.75, 3.05) is 13.2 Å². The van der Waals surface area contributed by atoms with Gasteiger partial charge in [0.25, 0.3) is 5.91 Å². The molecule has 3 rings (SSSR count). The van der Waals surface area contributed by atoms with E-state index in [-0.39, 0.29) is 29.6 Å². The number of halogens is 4. The lowest BCUT2D eigenvalue weighted by Crippen LogP contribution is -2.42. The van der Waals surface area contributed by atoms with E-state index in [2.05, 4.69) is 19.9 Å². The van der Waals surface area contributed by atoms with Crippen LogP contribution in [0.25, 0.3) is 11.4 Å². The van der Waals surface area contributed by atoms with Gasteiger partial charge in [-0.05, 0) is 38.1 Å². The van der Waals surface area contributed by atoms with Crippen LogP contribution in [0.3, 0.4) is 0 Å². The standard InChI is InChI=1S/C21H19F4N5O2/c1-3-30(13(2)12-32-20-28-10-14(11-29-20)21(23,24)25)19(31)16-6-5-15(22)9-17(16)18-26-7-4-8-27-18/h4-11,13H,3,12H2,1-2H3. The van der Waals surface area contributed by atoms with Gasteiger partial charge >= 0.3 is 12.2 Å². The van der Waals surface area contributed by atoms with Gasteiger partial charge in [-0.25, -0.2) is 24.3 Å². The Labute approximate surface area is 181 Å². The number of amides is 1. The molecule has 0 N–H and O–H groups in total. The molecule has 1 atom stereocenters. The van der Waals surface area contributed by atoms with Gasteiger partial charge in [-0.3, -0.25) is 4.79 Å². The van der Waals surface area contributed by atoms with Crippen LogP contribution < -0.4 is 4.74 Å². The molecule has 0 saturated carbocycles. The highest BCUT2D eigenvalue weighted by molar-refractivity contribution is 6.00. The Morgan fingerprint density at radius 1 is 1.12 bits per heavy atom. The van der Waals surface area contributed by atoms with Gasteiger partial charge in [-0.2, -0.15) is 13.2 Å². The zero-order chi connectivity index (χ0) is 23.3. The number of carbonyl (C=O) groups excluding carboxylic acids is 1. The van der Waals surface area contributed by atoms with Crippen molar-refractivity contribution in [3.8, 4) is 17.4 Å². The molecule has 0 spiro atoms. The maximum Gasteiger partial charge on any atom is 0.419 e. The van der Waals surface area contributed by atoms with E-state index in [9.17, 15) is 22.4 Å². The van der Waals surface area contributed by atoms with E-state index < -0.39 is 29.5 Å². The van der Waals surface area contributed by atoms with Gasteiger partial charge in [-0.1, -0.05) is 0 Å². The van der Waals surface area contributed by atoms with E-state index >= 15 is 0 Å². The summed E-state index contributed by atoms with van der Waals surface area (Å²) in [5.41, 5.74) is -0.541.